The minimum Gasteiger partial charge on any atom is -0.348 e. The molecule has 0 N–H and O–H groups in total. The summed E-state index contributed by atoms with van der Waals surface area (Å²) in [6.45, 7) is 5.39. The largest absolute Gasteiger partial charge is 0.348 e. The van der Waals surface area contributed by atoms with E-state index in [-0.39, 0.29) is 5.92 Å². The van der Waals surface area contributed by atoms with Crippen molar-refractivity contribution in [1.29, 1.82) is 5.26 Å². The maximum Gasteiger partial charge on any atom is 0.165 e. The molecule has 102 valence electrons. The molecule has 1 aliphatic rings. The third kappa shape index (κ3) is 3.56. The first-order valence-corrected chi connectivity index (χ1v) is 6.88. The number of benzene rings is 1. The zero-order valence-electron chi connectivity index (χ0n) is 11.7. The van der Waals surface area contributed by atoms with Crippen LogP contribution in [0.3, 0.4) is 0 Å². The molecule has 0 saturated carbocycles. The number of hydrogen-bond acceptors (Lipinski definition) is 3. The Hall–Kier alpha value is -1.37. The number of hydrogen-bond donors (Lipinski definition) is 0. The van der Waals surface area contributed by atoms with Gasteiger partial charge in [0.2, 0.25) is 0 Å². The third-order valence-electron chi connectivity index (χ3n) is 3.74. The number of nitriles is 1. The second-order valence-electron chi connectivity index (χ2n) is 5.26. The van der Waals surface area contributed by atoms with Crippen LogP contribution < -0.4 is 0 Å². The predicted octanol–water partition coefficient (Wildman–Crippen LogP) is 3.54. The van der Waals surface area contributed by atoms with Crippen molar-refractivity contribution in [2.45, 2.75) is 44.8 Å². The van der Waals surface area contributed by atoms with Crippen molar-refractivity contribution in [1.82, 2.24) is 0 Å². The zero-order chi connectivity index (χ0) is 13.7. The lowest BCUT2D eigenvalue weighted by Gasteiger charge is -2.22. The van der Waals surface area contributed by atoms with Gasteiger partial charge in [0.1, 0.15) is 0 Å². The van der Waals surface area contributed by atoms with E-state index in [4.69, 9.17) is 9.47 Å². The van der Waals surface area contributed by atoms with Crippen LogP contribution in [0.15, 0.2) is 24.3 Å². The molecule has 1 fully saturated rings. The van der Waals surface area contributed by atoms with Crippen LogP contribution in [0.1, 0.15) is 43.2 Å². The van der Waals surface area contributed by atoms with Crippen LogP contribution in [0.5, 0.6) is 0 Å². The standard InChI is InChI=1S/C16H21NO2/c1-13-6-3-4-8-15(13)14(12-17)7-5-9-16(2)18-10-11-19-16/h3-4,6,8,14H,5,7,9-11H2,1-2H3. The summed E-state index contributed by atoms with van der Waals surface area (Å²) in [5.41, 5.74) is 2.33. The van der Waals surface area contributed by atoms with Gasteiger partial charge in [-0.3, -0.25) is 0 Å². The SMILES string of the molecule is Cc1ccccc1C(C#N)CCCC1(C)OCCO1. The van der Waals surface area contributed by atoms with Gasteiger partial charge >= 0.3 is 0 Å². The number of nitrogens with zero attached hydrogens (tertiary/aromatic N) is 1. The van der Waals surface area contributed by atoms with E-state index >= 15 is 0 Å². The maximum atomic E-state index is 9.35. The van der Waals surface area contributed by atoms with Crippen molar-refractivity contribution in [2.75, 3.05) is 13.2 Å². The quantitative estimate of drug-likeness (QED) is 0.812. The fourth-order valence-corrected chi connectivity index (χ4v) is 2.60. The van der Waals surface area contributed by atoms with Gasteiger partial charge in [-0.15, -0.1) is 0 Å². The van der Waals surface area contributed by atoms with Gasteiger partial charge in [-0.2, -0.15) is 5.26 Å². The van der Waals surface area contributed by atoms with Gasteiger partial charge in [0.15, 0.2) is 5.79 Å². The Labute approximate surface area is 115 Å². The van der Waals surface area contributed by atoms with Crippen LogP contribution in [0.4, 0.5) is 0 Å². The van der Waals surface area contributed by atoms with Crippen LogP contribution in [0.25, 0.3) is 0 Å². The summed E-state index contributed by atoms with van der Waals surface area (Å²) in [5.74, 6) is -0.475. The molecule has 1 saturated heterocycles. The summed E-state index contributed by atoms with van der Waals surface area (Å²) in [6, 6.07) is 10.5. The van der Waals surface area contributed by atoms with Crippen LogP contribution in [0, 0.1) is 18.3 Å². The second-order valence-corrected chi connectivity index (χ2v) is 5.26. The Balaban J connectivity index is 1.90. The molecule has 1 aromatic carbocycles. The van der Waals surface area contributed by atoms with Gasteiger partial charge in [0.05, 0.1) is 25.2 Å². The molecule has 1 aromatic rings. The van der Waals surface area contributed by atoms with E-state index in [2.05, 4.69) is 19.1 Å². The van der Waals surface area contributed by atoms with Crippen molar-refractivity contribution < 1.29 is 9.47 Å². The number of aryl methyl sites for hydroxylation is 1. The molecule has 2 rings (SSSR count). The van der Waals surface area contributed by atoms with Crippen molar-refractivity contribution in [3.8, 4) is 6.07 Å². The molecule has 1 unspecified atom stereocenters. The fraction of sp³-hybridized carbons (Fsp3) is 0.562. The van der Waals surface area contributed by atoms with Crippen LogP contribution >= 0.6 is 0 Å². The minimum atomic E-state index is -0.439. The van der Waals surface area contributed by atoms with Gasteiger partial charge in [0.25, 0.3) is 0 Å². The molecule has 1 atom stereocenters. The summed E-state index contributed by atoms with van der Waals surface area (Å²) in [6.07, 6.45) is 2.63. The highest BCUT2D eigenvalue weighted by Crippen LogP contribution is 2.29. The molecular formula is C16H21NO2. The molecule has 3 nitrogen and oxygen atoms in total. The average Bonchev–Trinajstić information content (AvgIpc) is 2.83. The Morgan fingerprint density at radius 3 is 2.63 bits per heavy atom. The molecule has 0 spiro atoms. The van der Waals surface area contributed by atoms with Crippen LogP contribution in [0.2, 0.25) is 0 Å². The average molecular weight is 259 g/mol. The van der Waals surface area contributed by atoms with Crippen molar-refractivity contribution in [2.24, 2.45) is 0 Å². The molecule has 0 aliphatic carbocycles. The molecule has 1 heterocycles. The van der Waals surface area contributed by atoms with Gasteiger partial charge in [-0.05, 0) is 37.8 Å². The minimum absolute atomic E-state index is 0.0359. The van der Waals surface area contributed by atoms with Gasteiger partial charge in [-0.1, -0.05) is 24.3 Å². The molecule has 1 aliphatic heterocycles. The van der Waals surface area contributed by atoms with E-state index in [0.717, 1.165) is 24.8 Å². The summed E-state index contributed by atoms with van der Waals surface area (Å²) >= 11 is 0. The summed E-state index contributed by atoms with van der Waals surface area (Å²) in [5, 5.41) is 9.35. The maximum absolute atomic E-state index is 9.35. The number of rotatable bonds is 5. The molecule has 0 amide bonds. The first kappa shape index (κ1) is 14.0. The highest BCUT2D eigenvalue weighted by Gasteiger charge is 2.30. The lowest BCUT2D eigenvalue weighted by atomic mass is 9.91. The highest BCUT2D eigenvalue weighted by molar-refractivity contribution is 5.32. The van der Waals surface area contributed by atoms with Crippen molar-refractivity contribution in [3.05, 3.63) is 35.4 Å². The lowest BCUT2D eigenvalue weighted by Crippen LogP contribution is -2.25. The molecule has 0 radical (unpaired) electrons. The monoisotopic (exact) mass is 259 g/mol. The number of ether oxygens (including phenoxy) is 2. The van der Waals surface area contributed by atoms with E-state index in [9.17, 15) is 5.26 Å². The van der Waals surface area contributed by atoms with Crippen molar-refractivity contribution >= 4 is 0 Å². The van der Waals surface area contributed by atoms with E-state index in [1.807, 2.05) is 25.1 Å². The second kappa shape index (κ2) is 6.18. The Bertz CT molecular complexity index is 458. The van der Waals surface area contributed by atoms with Crippen molar-refractivity contribution in [3.63, 3.8) is 0 Å². The van der Waals surface area contributed by atoms with E-state index in [0.29, 0.717) is 13.2 Å². The Morgan fingerprint density at radius 2 is 2.00 bits per heavy atom. The Kier molecular flexibility index (Phi) is 4.57. The summed E-state index contributed by atoms with van der Waals surface area (Å²) < 4.78 is 11.2. The van der Waals surface area contributed by atoms with E-state index in [1.165, 1.54) is 5.56 Å². The summed E-state index contributed by atoms with van der Waals surface area (Å²) in [7, 11) is 0. The first-order valence-electron chi connectivity index (χ1n) is 6.88. The molecule has 3 heteroatoms. The zero-order valence-corrected chi connectivity index (χ0v) is 11.7. The highest BCUT2D eigenvalue weighted by atomic mass is 16.7. The van der Waals surface area contributed by atoms with E-state index in [1.54, 1.807) is 0 Å². The summed E-state index contributed by atoms with van der Waals surface area (Å²) in [4.78, 5) is 0. The van der Waals surface area contributed by atoms with Crippen LogP contribution in [-0.4, -0.2) is 19.0 Å². The van der Waals surface area contributed by atoms with Gasteiger partial charge < -0.3 is 9.47 Å². The van der Waals surface area contributed by atoms with Gasteiger partial charge in [-0.25, -0.2) is 0 Å². The Morgan fingerprint density at radius 1 is 1.32 bits per heavy atom. The normalized spacial score (nSPS) is 19.0. The lowest BCUT2D eigenvalue weighted by molar-refractivity contribution is -0.147. The third-order valence-corrected chi connectivity index (χ3v) is 3.74. The fourth-order valence-electron chi connectivity index (χ4n) is 2.60. The molecule has 0 bridgehead atoms. The topological polar surface area (TPSA) is 42.2 Å². The molecular weight excluding hydrogens is 238 g/mol. The van der Waals surface area contributed by atoms with Gasteiger partial charge in [0, 0.05) is 6.42 Å². The van der Waals surface area contributed by atoms with Crippen LogP contribution in [-0.2, 0) is 9.47 Å². The smallest absolute Gasteiger partial charge is 0.165 e. The molecule has 19 heavy (non-hydrogen) atoms. The molecule has 0 aromatic heterocycles. The predicted molar refractivity (Wildman–Crippen MR) is 73.7 cm³/mol. The first-order chi connectivity index (χ1) is 9.14. The van der Waals surface area contributed by atoms with E-state index < -0.39 is 5.79 Å².